The van der Waals surface area contributed by atoms with Crippen molar-refractivity contribution in [3.8, 4) is 11.1 Å². The molecular weight excluding hydrogens is 468 g/mol. The number of hydrogen-bond donors (Lipinski definition) is 2. The molecule has 35 heavy (non-hydrogen) atoms. The molecule has 3 aromatic rings. The first-order chi connectivity index (χ1) is 16.5. The van der Waals surface area contributed by atoms with Gasteiger partial charge in [0.15, 0.2) is 5.65 Å². The summed E-state index contributed by atoms with van der Waals surface area (Å²) in [5, 5.41) is 18.6. The minimum atomic E-state index is -0.692. The van der Waals surface area contributed by atoms with Crippen LogP contribution >= 0.6 is 11.3 Å². The maximum absolute atomic E-state index is 12.5. The number of hydrogen-bond acceptors (Lipinski definition) is 8. The molecule has 0 bridgehead atoms. The lowest BCUT2D eigenvalue weighted by molar-refractivity contribution is 0.0240. The zero-order chi connectivity index (χ0) is 25.4. The van der Waals surface area contributed by atoms with Gasteiger partial charge >= 0.3 is 6.09 Å². The number of nitrogens with one attached hydrogen (secondary N) is 1. The quantitative estimate of drug-likeness (QED) is 0.554. The van der Waals surface area contributed by atoms with Crippen molar-refractivity contribution in [3.63, 3.8) is 0 Å². The fraction of sp³-hybridized carbons (Fsp3) is 0.500. The molecule has 4 rings (SSSR count). The van der Waals surface area contributed by atoms with E-state index < -0.39 is 11.1 Å². The van der Waals surface area contributed by atoms with Crippen molar-refractivity contribution in [1.82, 2.24) is 24.8 Å². The van der Waals surface area contributed by atoms with Gasteiger partial charge in [0.1, 0.15) is 5.60 Å². The summed E-state index contributed by atoms with van der Waals surface area (Å²) >= 11 is 1.34. The number of amides is 2. The Bertz CT molecular complexity index is 1220. The first-order valence-electron chi connectivity index (χ1n) is 11.5. The van der Waals surface area contributed by atoms with Crippen LogP contribution in [0, 0.1) is 0 Å². The molecule has 0 unspecified atom stereocenters. The van der Waals surface area contributed by atoms with Crippen LogP contribution in [0.2, 0.25) is 0 Å². The Morgan fingerprint density at radius 2 is 1.86 bits per heavy atom. The fourth-order valence-corrected chi connectivity index (χ4v) is 4.51. The Morgan fingerprint density at radius 1 is 1.14 bits per heavy atom. The van der Waals surface area contributed by atoms with Gasteiger partial charge in [-0.2, -0.15) is 5.10 Å². The largest absolute Gasteiger partial charge is 0.444 e. The molecule has 1 aliphatic rings. The van der Waals surface area contributed by atoms with Crippen LogP contribution in [0.5, 0.6) is 0 Å². The normalized spacial score (nSPS) is 14.9. The van der Waals surface area contributed by atoms with E-state index in [0.717, 1.165) is 16.8 Å². The standard InChI is InChI=1S/C24H32N6O4S/c1-23(2,3)34-22(33)29-8-6-28(7-9-29)17-11-25-20-18(12-26-30(20)13-17)16-10-19(35-14-16)21(32)27-24(4,5)15-31/h10-14,31H,6-9,15H2,1-5H3,(H,27,32). The number of aliphatic hydroxyl groups is 1. The fourth-order valence-electron chi connectivity index (χ4n) is 3.71. The van der Waals surface area contributed by atoms with Crippen LogP contribution in [-0.4, -0.2) is 80.5 Å². The Kier molecular flexibility index (Phi) is 6.74. The summed E-state index contributed by atoms with van der Waals surface area (Å²) in [5.41, 5.74) is 2.12. The van der Waals surface area contributed by atoms with Crippen LogP contribution in [0.1, 0.15) is 44.3 Å². The second-order valence-electron chi connectivity index (χ2n) is 10.3. The molecular formula is C24H32N6O4S. The molecule has 188 valence electrons. The van der Waals surface area contributed by atoms with Gasteiger partial charge < -0.3 is 25.0 Å². The molecule has 11 heteroatoms. The van der Waals surface area contributed by atoms with E-state index in [9.17, 15) is 14.7 Å². The monoisotopic (exact) mass is 500 g/mol. The predicted octanol–water partition coefficient (Wildman–Crippen LogP) is 3.02. The van der Waals surface area contributed by atoms with Crippen LogP contribution < -0.4 is 10.2 Å². The van der Waals surface area contributed by atoms with E-state index >= 15 is 0 Å². The van der Waals surface area contributed by atoms with E-state index in [-0.39, 0.29) is 18.6 Å². The molecule has 1 saturated heterocycles. The summed E-state index contributed by atoms with van der Waals surface area (Å²) < 4.78 is 7.21. The summed E-state index contributed by atoms with van der Waals surface area (Å²) in [6, 6.07) is 1.82. The van der Waals surface area contributed by atoms with Crippen molar-refractivity contribution < 1.29 is 19.4 Å². The molecule has 10 nitrogen and oxygen atoms in total. The van der Waals surface area contributed by atoms with E-state index in [4.69, 9.17) is 4.74 Å². The molecule has 0 spiro atoms. The highest BCUT2D eigenvalue weighted by atomic mass is 32.1. The molecule has 4 heterocycles. The maximum atomic E-state index is 12.5. The highest BCUT2D eigenvalue weighted by Crippen LogP contribution is 2.29. The Labute approximate surface area is 208 Å². The van der Waals surface area contributed by atoms with Gasteiger partial charge in [-0.15, -0.1) is 11.3 Å². The highest BCUT2D eigenvalue weighted by Gasteiger charge is 2.26. The van der Waals surface area contributed by atoms with Gasteiger partial charge in [-0.1, -0.05) is 0 Å². The lowest BCUT2D eigenvalue weighted by Crippen LogP contribution is -2.50. The van der Waals surface area contributed by atoms with Crippen LogP contribution in [0.25, 0.3) is 16.8 Å². The van der Waals surface area contributed by atoms with Gasteiger partial charge in [0.2, 0.25) is 0 Å². The first kappa shape index (κ1) is 24.9. The van der Waals surface area contributed by atoms with Gasteiger partial charge in [-0.25, -0.2) is 14.3 Å². The van der Waals surface area contributed by atoms with E-state index in [0.29, 0.717) is 36.7 Å². The van der Waals surface area contributed by atoms with Crippen molar-refractivity contribution in [3.05, 3.63) is 34.9 Å². The summed E-state index contributed by atoms with van der Waals surface area (Å²) in [5.74, 6) is -0.224. The molecule has 0 saturated carbocycles. The average Bonchev–Trinajstić information content (AvgIpc) is 3.44. The second-order valence-corrected chi connectivity index (χ2v) is 11.2. The number of ether oxygens (including phenoxy) is 1. The number of piperazine rings is 1. The molecule has 0 radical (unpaired) electrons. The van der Waals surface area contributed by atoms with Gasteiger partial charge in [-0.05, 0) is 51.6 Å². The zero-order valence-corrected chi connectivity index (χ0v) is 21.6. The summed E-state index contributed by atoms with van der Waals surface area (Å²) in [6.07, 6.45) is 5.20. The Morgan fingerprint density at radius 3 is 2.51 bits per heavy atom. The molecule has 0 atom stereocenters. The molecule has 3 aromatic heterocycles. The molecule has 0 aromatic carbocycles. The zero-order valence-electron chi connectivity index (χ0n) is 20.7. The van der Waals surface area contributed by atoms with E-state index in [1.165, 1.54) is 11.3 Å². The number of thiophene rings is 1. The molecule has 0 aliphatic carbocycles. The van der Waals surface area contributed by atoms with Crippen molar-refractivity contribution >= 4 is 34.7 Å². The summed E-state index contributed by atoms with van der Waals surface area (Å²) in [7, 11) is 0. The van der Waals surface area contributed by atoms with E-state index in [2.05, 4.69) is 20.3 Å². The molecule has 2 amide bonds. The molecule has 2 N–H and O–H groups in total. The predicted molar refractivity (Wildman–Crippen MR) is 135 cm³/mol. The molecule has 1 aliphatic heterocycles. The van der Waals surface area contributed by atoms with Crippen molar-refractivity contribution in [2.45, 2.75) is 45.8 Å². The third kappa shape index (κ3) is 5.73. The lowest BCUT2D eigenvalue weighted by Gasteiger charge is -2.36. The Balaban J connectivity index is 1.45. The maximum Gasteiger partial charge on any atom is 0.410 e. The highest BCUT2D eigenvalue weighted by molar-refractivity contribution is 7.12. The van der Waals surface area contributed by atoms with Crippen LogP contribution in [0.4, 0.5) is 10.5 Å². The number of rotatable bonds is 5. The number of anilines is 1. The van der Waals surface area contributed by atoms with E-state index in [1.54, 1.807) is 29.5 Å². The number of carbonyl (C=O) groups excluding carboxylic acids is 2. The minimum absolute atomic E-state index is 0.146. The van der Waals surface area contributed by atoms with Crippen molar-refractivity contribution in [2.75, 3.05) is 37.7 Å². The third-order valence-electron chi connectivity index (χ3n) is 5.62. The van der Waals surface area contributed by atoms with E-state index in [1.807, 2.05) is 44.6 Å². The van der Waals surface area contributed by atoms with Gasteiger partial charge in [0.25, 0.3) is 5.91 Å². The first-order valence-corrected chi connectivity index (χ1v) is 12.4. The van der Waals surface area contributed by atoms with Gasteiger partial charge in [-0.3, -0.25) is 4.79 Å². The van der Waals surface area contributed by atoms with Crippen LogP contribution in [-0.2, 0) is 4.74 Å². The SMILES string of the molecule is CC(C)(CO)NC(=O)c1cc(-c2cnn3cc(N4CCN(C(=O)OC(C)(C)C)CC4)cnc23)cs1. The number of carbonyl (C=O) groups is 2. The number of nitrogens with zero attached hydrogens (tertiary/aromatic N) is 5. The summed E-state index contributed by atoms with van der Waals surface area (Å²) in [6.45, 7) is 11.5. The van der Waals surface area contributed by atoms with Crippen molar-refractivity contribution in [2.24, 2.45) is 0 Å². The lowest BCUT2D eigenvalue weighted by atomic mass is 10.1. The average molecular weight is 501 g/mol. The number of aliphatic hydroxyl groups excluding tert-OH is 1. The minimum Gasteiger partial charge on any atom is -0.444 e. The van der Waals surface area contributed by atoms with Crippen LogP contribution in [0.15, 0.2) is 30.0 Å². The molecule has 1 fully saturated rings. The number of aromatic nitrogens is 3. The Hall–Kier alpha value is -3.18. The van der Waals surface area contributed by atoms with Gasteiger partial charge in [0, 0.05) is 31.7 Å². The number of fused-ring (bicyclic) bond motifs is 1. The van der Waals surface area contributed by atoms with Crippen LogP contribution in [0.3, 0.4) is 0 Å². The summed E-state index contributed by atoms with van der Waals surface area (Å²) in [4.78, 5) is 34.0. The van der Waals surface area contributed by atoms with Crippen molar-refractivity contribution in [1.29, 1.82) is 0 Å². The second kappa shape index (κ2) is 9.46. The topological polar surface area (TPSA) is 112 Å². The van der Waals surface area contributed by atoms with Gasteiger partial charge in [0.05, 0.1) is 41.3 Å². The third-order valence-corrected chi connectivity index (χ3v) is 6.55. The smallest absolute Gasteiger partial charge is 0.410 e.